The Morgan fingerprint density at radius 3 is 2.65 bits per heavy atom. The Balaban J connectivity index is 1.57. The molecule has 1 aliphatic carbocycles. The molecular weight excluding hydrogens is 276 g/mol. The molecule has 0 bridgehead atoms. The number of rotatable bonds is 3. The Hall–Kier alpha value is -1.55. The molecule has 1 aromatic carbocycles. The Labute approximate surface area is 123 Å². The Bertz CT molecular complexity index is 521. The number of carbonyl (C=O) groups excluding carboxylic acids is 1. The van der Waals surface area contributed by atoms with Crippen molar-refractivity contribution in [1.29, 1.82) is 0 Å². The average molecular weight is 293 g/mol. The maximum absolute atomic E-state index is 12.1. The summed E-state index contributed by atoms with van der Waals surface area (Å²) in [6, 6.07) is 7.71. The maximum atomic E-state index is 12.1. The van der Waals surface area contributed by atoms with Crippen LogP contribution in [0.5, 0.6) is 0 Å². The summed E-state index contributed by atoms with van der Waals surface area (Å²) in [4.78, 5) is 17.4. The standard InChI is InChI=1S/C15H17ClN2O2/c16-11-7-5-10(6-8-11)13-9-14(20-18-13)15(19)17-12-3-1-2-4-12/h5-8,12,14H,1-4,9H2,(H,17,19)/t14-/m0/s1. The molecule has 2 aliphatic rings. The predicted octanol–water partition coefficient (Wildman–Crippen LogP) is 2.89. The summed E-state index contributed by atoms with van der Waals surface area (Å²) in [6.45, 7) is 0. The molecule has 0 unspecified atom stereocenters. The van der Waals surface area contributed by atoms with E-state index in [1.807, 2.05) is 24.3 Å². The van der Waals surface area contributed by atoms with E-state index in [0.29, 0.717) is 17.5 Å². The van der Waals surface area contributed by atoms with Crippen LogP contribution < -0.4 is 5.32 Å². The molecule has 1 amide bonds. The van der Waals surface area contributed by atoms with E-state index in [1.165, 1.54) is 12.8 Å². The third-order valence-electron chi connectivity index (χ3n) is 3.84. The van der Waals surface area contributed by atoms with Crippen molar-refractivity contribution in [1.82, 2.24) is 5.32 Å². The first-order valence-corrected chi connectivity index (χ1v) is 7.39. The van der Waals surface area contributed by atoms with Gasteiger partial charge in [0.25, 0.3) is 5.91 Å². The quantitative estimate of drug-likeness (QED) is 0.931. The summed E-state index contributed by atoms with van der Waals surface area (Å²) in [6.07, 6.45) is 4.56. The summed E-state index contributed by atoms with van der Waals surface area (Å²) in [5, 5.41) is 7.75. The largest absolute Gasteiger partial charge is 0.382 e. The number of hydrogen-bond donors (Lipinski definition) is 1. The van der Waals surface area contributed by atoms with Crippen LogP contribution in [0.1, 0.15) is 37.7 Å². The Kier molecular flexibility index (Phi) is 3.92. The lowest BCUT2D eigenvalue weighted by atomic mass is 10.0. The number of carbonyl (C=O) groups is 1. The van der Waals surface area contributed by atoms with Crippen molar-refractivity contribution in [2.24, 2.45) is 5.16 Å². The molecule has 0 aromatic heterocycles. The van der Waals surface area contributed by atoms with Gasteiger partial charge in [0.1, 0.15) is 0 Å². The normalized spacial score (nSPS) is 22.4. The van der Waals surface area contributed by atoms with E-state index in [0.717, 1.165) is 24.1 Å². The number of amides is 1. The molecule has 106 valence electrons. The number of oxime groups is 1. The number of halogens is 1. The van der Waals surface area contributed by atoms with Gasteiger partial charge in [-0.15, -0.1) is 0 Å². The van der Waals surface area contributed by atoms with Crippen LogP contribution in [0.4, 0.5) is 0 Å². The van der Waals surface area contributed by atoms with Gasteiger partial charge in [0.2, 0.25) is 6.10 Å². The molecule has 1 saturated carbocycles. The zero-order chi connectivity index (χ0) is 13.9. The van der Waals surface area contributed by atoms with Gasteiger partial charge in [0.05, 0.1) is 5.71 Å². The van der Waals surface area contributed by atoms with E-state index >= 15 is 0 Å². The summed E-state index contributed by atoms with van der Waals surface area (Å²) in [5.41, 5.74) is 1.75. The van der Waals surface area contributed by atoms with Gasteiger partial charge < -0.3 is 10.2 Å². The summed E-state index contributed by atoms with van der Waals surface area (Å²) >= 11 is 5.86. The van der Waals surface area contributed by atoms with Crippen molar-refractivity contribution in [2.75, 3.05) is 0 Å². The molecule has 0 spiro atoms. The summed E-state index contributed by atoms with van der Waals surface area (Å²) in [7, 11) is 0. The lowest BCUT2D eigenvalue weighted by Gasteiger charge is -2.14. The molecule has 1 N–H and O–H groups in total. The molecule has 0 radical (unpaired) electrons. The molecule has 5 heteroatoms. The zero-order valence-electron chi connectivity index (χ0n) is 11.1. The second kappa shape index (κ2) is 5.83. The van der Waals surface area contributed by atoms with Crippen molar-refractivity contribution in [3.63, 3.8) is 0 Å². The second-order valence-electron chi connectivity index (χ2n) is 5.33. The lowest BCUT2D eigenvalue weighted by Crippen LogP contribution is -2.40. The van der Waals surface area contributed by atoms with Gasteiger partial charge in [-0.1, -0.05) is 41.7 Å². The van der Waals surface area contributed by atoms with Gasteiger partial charge in [0, 0.05) is 17.5 Å². The highest BCUT2D eigenvalue weighted by molar-refractivity contribution is 6.30. The van der Waals surface area contributed by atoms with Crippen molar-refractivity contribution in [3.8, 4) is 0 Å². The Morgan fingerprint density at radius 1 is 1.25 bits per heavy atom. The topological polar surface area (TPSA) is 50.7 Å². The number of hydrogen-bond acceptors (Lipinski definition) is 3. The van der Waals surface area contributed by atoms with E-state index in [9.17, 15) is 4.79 Å². The molecule has 1 atom stereocenters. The number of nitrogens with zero attached hydrogens (tertiary/aromatic N) is 1. The van der Waals surface area contributed by atoms with Crippen LogP contribution in [0.3, 0.4) is 0 Å². The molecule has 3 rings (SSSR count). The van der Waals surface area contributed by atoms with E-state index in [4.69, 9.17) is 16.4 Å². The zero-order valence-corrected chi connectivity index (χ0v) is 11.9. The van der Waals surface area contributed by atoms with Crippen LogP contribution >= 0.6 is 11.6 Å². The minimum atomic E-state index is -0.499. The minimum absolute atomic E-state index is 0.0513. The van der Waals surface area contributed by atoms with Crippen molar-refractivity contribution < 1.29 is 9.63 Å². The van der Waals surface area contributed by atoms with Crippen molar-refractivity contribution in [2.45, 2.75) is 44.2 Å². The first-order valence-electron chi connectivity index (χ1n) is 7.01. The monoisotopic (exact) mass is 292 g/mol. The molecule has 0 saturated heterocycles. The number of nitrogens with one attached hydrogen (secondary N) is 1. The second-order valence-corrected chi connectivity index (χ2v) is 5.77. The van der Waals surface area contributed by atoms with Gasteiger partial charge in [0.15, 0.2) is 0 Å². The third-order valence-corrected chi connectivity index (χ3v) is 4.09. The van der Waals surface area contributed by atoms with Gasteiger partial charge in [-0.05, 0) is 30.5 Å². The summed E-state index contributed by atoms with van der Waals surface area (Å²) < 4.78 is 0. The van der Waals surface area contributed by atoms with Crippen LogP contribution in [0.2, 0.25) is 5.02 Å². The van der Waals surface area contributed by atoms with E-state index in [2.05, 4.69) is 10.5 Å². The highest BCUT2D eigenvalue weighted by atomic mass is 35.5. The average Bonchev–Trinajstić information content (AvgIpc) is 3.10. The minimum Gasteiger partial charge on any atom is -0.382 e. The van der Waals surface area contributed by atoms with Crippen molar-refractivity contribution in [3.05, 3.63) is 34.9 Å². The highest BCUT2D eigenvalue weighted by Crippen LogP contribution is 2.21. The fourth-order valence-electron chi connectivity index (χ4n) is 2.70. The van der Waals surface area contributed by atoms with Crippen LogP contribution in [0, 0.1) is 0 Å². The lowest BCUT2D eigenvalue weighted by molar-refractivity contribution is -0.131. The van der Waals surface area contributed by atoms with Crippen LogP contribution in [-0.4, -0.2) is 23.8 Å². The predicted molar refractivity (Wildman–Crippen MR) is 77.9 cm³/mol. The summed E-state index contributed by atoms with van der Waals surface area (Å²) in [5.74, 6) is -0.0513. The molecule has 20 heavy (non-hydrogen) atoms. The van der Waals surface area contributed by atoms with Crippen LogP contribution in [-0.2, 0) is 9.63 Å². The SMILES string of the molecule is O=C(NC1CCCC1)[C@@H]1CC(c2ccc(Cl)cc2)=NO1. The highest BCUT2D eigenvalue weighted by Gasteiger charge is 2.30. The molecule has 1 aromatic rings. The van der Waals surface area contributed by atoms with Gasteiger partial charge >= 0.3 is 0 Å². The maximum Gasteiger partial charge on any atom is 0.264 e. The fraction of sp³-hybridized carbons (Fsp3) is 0.467. The van der Waals surface area contributed by atoms with E-state index in [-0.39, 0.29) is 5.91 Å². The smallest absolute Gasteiger partial charge is 0.264 e. The van der Waals surface area contributed by atoms with Gasteiger partial charge in [-0.25, -0.2) is 0 Å². The Morgan fingerprint density at radius 2 is 1.95 bits per heavy atom. The molecule has 4 nitrogen and oxygen atoms in total. The molecule has 1 heterocycles. The molecular formula is C15H17ClN2O2. The van der Waals surface area contributed by atoms with Crippen molar-refractivity contribution >= 4 is 23.2 Å². The number of benzene rings is 1. The fourth-order valence-corrected chi connectivity index (χ4v) is 2.82. The van der Waals surface area contributed by atoms with Crippen LogP contribution in [0.15, 0.2) is 29.4 Å². The first-order chi connectivity index (χ1) is 9.72. The van der Waals surface area contributed by atoms with Gasteiger partial charge in [-0.2, -0.15) is 0 Å². The van der Waals surface area contributed by atoms with Crippen LogP contribution in [0.25, 0.3) is 0 Å². The van der Waals surface area contributed by atoms with E-state index in [1.54, 1.807) is 0 Å². The molecule has 1 fully saturated rings. The van der Waals surface area contributed by atoms with Gasteiger partial charge in [-0.3, -0.25) is 4.79 Å². The third kappa shape index (κ3) is 2.96. The van der Waals surface area contributed by atoms with E-state index < -0.39 is 6.10 Å². The molecule has 1 aliphatic heterocycles. The first kappa shape index (κ1) is 13.4.